The summed E-state index contributed by atoms with van der Waals surface area (Å²) < 4.78 is 0. The van der Waals surface area contributed by atoms with Crippen LogP contribution in [0.3, 0.4) is 0 Å². The van der Waals surface area contributed by atoms with E-state index in [0.717, 1.165) is 30.2 Å². The Morgan fingerprint density at radius 3 is 2.62 bits per heavy atom. The number of piperidine rings is 1. The number of aryl methyl sites for hydroxylation is 1. The Bertz CT molecular complexity index is 857. The van der Waals surface area contributed by atoms with Gasteiger partial charge < -0.3 is 4.90 Å². The van der Waals surface area contributed by atoms with Crippen molar-refractivity contribution in [3.63, 3.8) is 0 Å². The third-order valence-corrected chi connectivity index (χ3v) is 8.71. The van der Waals surface area contributed by atoms with Gasteiger partial charge in [-0.3, -0.25) is 4.79 Å². The molecule has 0 spiro atoms. The number of carbonyl (C=O) groups excluding carboxylic acids is 1. The fraction of sp³-hybridized carbons (Fsp3) is 0.645. The topological polar surface area (TPSA) is 20.3 Å². The molecule has 2 nitrogen and oxygen atoms in total. The van der Waals surface area contributed by atoms with E-state index in [1.54, 1.807) is 0 Å². The molecule has 0 saturated carbocycles. The highest BCUT2D eigenvalue weighted by Crippen LogP contribution is 2.32. The van der Waals surface area contributed by atoms with Gasteiger partial charge in [0.2, 0.25) is 0 Å². The first-order valence-electron chi connectivity index (χ1n) is 13.6. The van der Waals surface area contributed by atoms with Gasteiger partial charge in [0, 0.05) is 29.9 Å². The first-order valence-corrected chi connectivity index (χ1v) is 14.0. The van der Waals surface area contributed by atoms with Gasteiger partial charge in [0.05, 0.1) is 0 Å². The van der Waals surface area contributed by atoms with E-state index in [1.165, 1.54) is 43.5 Å². The molecule has 34 heavy (non-hydrogen) atoms. The number of Topliss-reactive ketones (excluding diaryl/α,β-unsaturated/α-hetero) is 1. The second-order valence-corrected chi connectivity index (χ2v) is 11.8. The van der Waals surface area contributed by atoms with Crippen molar-refractivity contribution >= 4 is 17.4 Å². The van der Waals surface area contributed by atoms with Crippen LogP contribution in [0.4, 0.5) is 0 Å². The highest BCUT2D eigenvalue weighted by molar-refractivity contribution is 6.31. The fourth-order valence-corrected chi connectivity index (χ4v) is 5.99. The average Bonchev–Trinajstić information content (AvgIpc) is 2.99. The number of benzene rings is 1. The lowest BCUT2D eigenvalue weighted by Gasteiger charge is -2.37. The van der Waals surface area contributed by atoms with Crippen molar-refractivity contribution in [2.75, 3.05) is 13.1 Å². The molecule has 5 atom stereocenters. The molecular weight excluding hydrogens is 438 g/mol. The van der Waals surface area contributed by atoms with Gasteiger partial charge in [-0.05, 0) is 94.2 Å². The predicted molar refractivity (Wildman–Crippen MR) is 146 cm³/mol. The van der Waals surface area contributed by atoms with Crippen molar-refractivity contribution in [1.82, 2.24) is 4.90 Å². The van der Waals surface area contributed by atoms with Crippen LogP contribution in [0.1, 0.15) is 78.7 Å². The molecule has 1 fully saturated rings. The number of ketones is 1. The van der Waals surface area contributed by atoms with Gasteiger partial charge in [0.15, 0.2) is 0 Å². The zero-order valence-corrected chi connectivity index (χ0v) is 22.9. The minimum atomic E-state index is 0.0250. The molecule has 0 bridgehead atoms. The van der Waals surface area contributed by atoms with E-state index >= 15 is 0 Å². The molecule has 5 unspecified atom stereocenters. The Morgan fingerprint density at radius 2 is 1.88 bits per heavy atom. The van der Waals surface area contributed by atoms with Gasteiger partial charge in [-0.2, -0.15) is 0 Å². The number of halogens is 1. The standard InChI is InChI=1S/C31H46ClNO/c1-22(2)33-17-9-12-27(21-33)18-24(4)25(5)19-31(34)29-20-26(11-8-10-23(29)3)15-16-28-13-6-7-14-30(28)32/h6-8,11,13-14,20,22-25,27,29H,9-10,12,15-19,21H2,1-5H3. The summed E-state index contributed by atoms with van der Waals surface area (Å²) in [4.78, 5) is 16.1. The monoisotopic (exact) mass is 483 g/mol. The molecular formula is C31H46ClNO. The van der Waals surface area contributed by atoms with Gasteiger partial charge >= 0.3 is 0 Å². The molecule has 0 radical (unpaired) electrons. The average molecular weight is 484 g/mol. The number of hydrogen-bond acceptors (Lipinski definition) is 2. The zero-order valence-electron chi connectivity index (χ0n) is 22.1. The Morgan fingerprint density at radius 1 is 1.12 bits per heavy atom. The normalized spacial score (nSPS) is 25.6. The molecule has 188 valence electrons. The Hall–Kier alpha value is -1.38. The Balaban J connectivity index is 1.57. The molecule has 1 aliphatic heterocycles. The lowest BCUT2D eigenvalue weighted by atomic mass is 9.78. The maximum absolute atomic E-state index is 13.5. The summed E-state index contributed by atoms with van der Waals surface area (Å²) in [6.45, 7) is 14.0. The first kappa shape index (κ1) is 27.2. The summed E-state index contributed by atoms with van der Waals surface area (Å²) in [7, 11) is 0. The summed E-state index contributed by atoms with van der Waals surface area (Å²) in [5, 5.41) is 0.832. The van der Waals surface area contributed by atoms with Crippen molar-refractivity contribution in [2.24, 2.45) is 29.6 Å². The molecule has 1 aromatic rings. The molecule has 1 heterocycles. The molecule has 0 aromatic heterocycles. The molecule has 2 aliphatic rings. The number of rotatable bonds is 10. The van der Waals surface area contributed by atoms with E-state index in [2.05, 4.69) is 63.8 Å². The third kappa shape index (κ3) is 7.82. The lowest BCUT2D eigenvalue weighted by molar-refractivity contribution is -0.123. The minimum absolute atomic E-state index is 0.0250. The van der Waals surface area contributed by atoms with E-state index in [4.69, 9.17) is 11.6 Å². The number of likely N-dealkylation sites (tertiary alicyclic amines) is 1. The molecule has 1 saturated heterocycles. The van der Waals surface area contributed by atoms with Crippen molar-refractivity contribution in [3.8, 4) is 0 Å². The summed E-state index contributed by atoms with van der Waals surface area (Å²) in [5.74, 6) is 2.62. The highest BCUT2D eigenvalue weighted by Gasteiger charge is 2.29. The SMILES string of the molecule is CC(CC(=O)C1C=C(CCc2ccccc2Cl)C=CCC1C)C(C)CC1CCCN(C(C)C)C1. The zero-order chi connectivity index (χ0) is 24.7. The summed E-state index contributed by atoms with van der Waals surface area (Å²) in [5.41, 5.74) is 2.46. The van der Waals surface area contributed by atoms with Crippen molar-refractivity contribution in [3.05, 3.63) is 58.7 Å². The van der Waals surface area contributed by atoms with Crippen LogP contribution in [-0.2, 0) is 11.2 Å². The van der Waals surface area contributed by atoms with E-state index in [0.29, 0.717) is 36.0 Å². The summed E-state index contributed by atoms with van der Waals surface area (Å²) >= 11 is 6.36. The van der Waals surface area contributed by atoms with Crippen LogP contribution in [0.2, 0.25) is 5.02 Å². The van der Waals surface area contributed by atoms with Crippen molar-refractivity contribution in [1.29, 1.82) is 0 Å². The van der Waals surface area contributed by atoms with Gasteiger partial charge in [0.1, 0.15) is 5.78 Å². The number of allylic oxidation sites excluding steroid dienone is 4. The predicted octanol–water partition coefficient (Wildman–Crippen LogP) is 8.15. The van der Waals surface area contributed by atoms with E-state index in [-0.39, 0.29) is 5.92 Å². The molecule has 0 amide bonds. The molecule has 0 N–H and O–H groups in total. The van der Waals surface area contributed by atoms with Gasteiger partial charge in [-0.15, -0.1) is 0 Å². The Kier molecular flexibility index (Phi) is 10.5. The first-order chi connectivity index (χ1) is 16.2. The quantitative estimate of drug-likeness (QED) is 0.334. The number of carbonyl (C=O) groups is 1. The summed E-state index contributed by atoms with van der Waals surface area (Å²) in [6.07, 6.45) is 14.2. The van der Waals surface area contributed by atoms with Crippen LogP contribution in [0.25, 0.3) is 0 Å². The van der Waals surface area contributed by atoms with Crippen molar-refractivity contribution < 1.29 is 4.79 Å². The van der Waals surface area contributed by atoms with Crippen LogP contribution >= 0.6 is 11.6 Å². The number of hydrogen-bond donors (Lipinski definition) is 0. The van der Waals surface area contributed by atoms with Crippen LogP contribution < -0.4 is 0 Å². The lowest BCUT2D eigenvalue weighted by Crippen LogP contribution is -2.40. The smallest absolute Gasteiger partial charge is 0.140 e. The second-order valence-electron chi connectivity index (χ2n) is 11.4. The van der Waals surface area contributed by atoms with Crippen LogP contribution in [0, 0.1) is 29.6 Å². The highest BCUT2D eigenvalue weighted by atomic mass is 35.5. The molecule has 3 heteroatoms. The third-order valence-electron chi connectivity index (χ3n) is 8.34. The molecule has 3 rings (SSSR count). The van der Waals surface area contributed by atoms with Crippen LogP contribution in [0.5, 0.6) is 0 Å². The van der Waals surface area contributed by atoms with Crippen molar-refractivity contribution in [2.45, 2.75) is 85.6 Å². The van der Waals surface area contributed by atoms with Gasteiger partial charge in [-0.1, -0.05) is 74.4 Å². The number of nitrogens with zero attached hydrogens (tertiary/aromatic N) is 1. The van der Waals surface area contributed by atoms with Gasteiger partial charge in [0.25, 0.3) is 0 Å². The maximum atomic E-state index is 13.5. The largest absolute Gasteiger partial charge is 0.301 e. The fourth-order valence-electron chi connectivity index (χ4n) is 5.76. The molecule has 1 aromatic carbocycles. The van der Waals surface area contributed by atoms with Crippen LogP contribution in [0.15, 0.2) is 48.1 Å². The van der Waals surface area contributed by atoms with E-state index < -0.39 is 0 Å². The van der Waals surface area contributed by atoms with E-state index in [1.807, 2.05) is 18.2 Å². The second kappa shape index (κ2) is 13.1. The van der Waals surface area contributed by atoms with Gasteiger partial charge in [-0.25, -0.2) is 0 Å². The minimum Gasteiger partial charge on any atom is -0.301 e. The Labute approximate surface area is 213 Å². The molecule has 1 aliphatic carbocycles. The maximum Gasteiger partial charge on any atom is 0.140 e. The summed E-state index contributed by atoms with van der Waals surface area (Å²) in [6, 6.07) is 8.72. The van der Waals surface area contributed by atoms with E-state index in [9.17, 15) is 4.79 Å². The van der Waals surface area contributed by atoms with Crippen LogP contribution in [-0.4, -0.2) is 29.8 Å².